The molecule has 0 fully saturated rings. The molecule has 0 aliphatic rings. The topological polar surface area (TPSA) is 95.9 Å². The molecule has 0 saturated heterocycles. The largest absolute Gasteiger partial charge is 1.00 e. The van der Waals surface area contributed by atoms with Crippen LogP contribution in [-0.4, -0.2) is 29.7 Å². The SMILES string of the molecule is CCC(N)O[Si](O)(O)O.[H-].[Na+]. The summed E-state index contributed by atoms with van der Waals surface area (Å²) >= 11 is 0. The number of nitrogens with two attached hydrogens (primary N) is 1. The molecule has 5 N–H and O–H groups in total. The van der Waals surface area contributed by atoms with Gasteiger partial charge < -0.3 is 26.0 Å². The second kappa shape index (κ2) is 5.64. The van der Waals surface area contributed by atoms with Crippen LogP contribution in [0.3, 0.4) is 0 Å². The van der Waals surface area contributed by atoms with Gasteiger partial charge in [0.15, 0.2) is 0 Å². The standard InChI is InChI=1S/C3H11NO4Si.Na.H/c1-2-3(4)8-9(5,6)7;;/h3,5-7H,2,4H2,1H3;;/q;+1;-1. The van der Waals surface area contributed by atoms with Crippen LogP contribution < -0.4 is 35.3 Å². The second-order valence-electron chi connectivity index (χ2n) is 1.64. The molecule has 1 atom stereocenters. The van der Waals surface area contributed by atoms with Crippen molar-refractivity contribution in [2.24, 2.45) is 5.73 Å². The van der Waals surface area contributed by atoms with Crippen LogP contribution in [0.4, 0.5) is 0 Å². The van der Waals surface area contributed by atoms with E-state index in [0.717, 1.165) is 0 Å². The van der Waals surface area contributed by atoms with Crippen molar-refractivity contribution in [1.29, 1.82) is 0 Å². The van der Waals surface area contributed by atoms with Gasteiger partial charge in [0.25, 0.3) is 0 Å². The minimum Gasteiger partial charge on any atom is -1.00 e. The van der Waals surface area contributed by atoms with Crippen LogP contribution in [0, 0.1) is 0 Å². The monoisotopic (exact) mass is 177 g/mol. The summed E-state index contributed by atoms with van der Waals surface area (Å²) in [5.41, 5.74) is 5.09. The summed E-state index contributed by atoms with van der Waals surface area (Å²) in [5, 5.41) is 0. The van der Waals surface area contributed by atoms with E-state index in [1.54, 1.807) is 6.92 Å². The summed E-state index contributed by atoms with van der Waals surface area (Å²) in [4.78, 5) is 24.8. The third-order valence-electron chi connectivity index (χ3n) is 0.712. The van der Waals surface area contributed by atoms with Crippen molar-refractivity contribution >= 4 is 9.05 Å². The zero-order valence-corrected chi connectivity index (χ0v) is 9.11. The molecule has 1 unspecified atom stereocenters. The Morgan fingerprint density at radius 1 is 1.60 bits per heavy atom. The molecular weight excluding hydrogens is 165 g/mol. The summed E-state index contributed by atoms with van der Waals surface area (Å²) in [6.07, 6.45) is -0.368. The van der Waals surface area contributed by atoms with E-state index in [9.17, 15) is 0 Å². The molecule has 0 spiro atoms. The molecule has 0 radical (unpaired) electrons. The third kappa shape index (κ3) is 9.02. The van der Waals surface area contributed by atoms with Gasteiger partial charge in [-0.05, 0) is 6.42 Å². The van der Waals surface area contributed by atoms with E-state index >= 15 is 0 Å². The van der Waals surface area contributed by atoms with Crippen molar-refractivity contribution in [3.05, 3.63) is 0 Å². The molecule has 0 aromatic rings. The molecule has 0 aromatic heterocycles. The molecule has 0 bridgehead atoms. The van der Waals surface area contributed by atoms with E-state index in [-0.39, 0.29) is 31.0 Å². The number of hydrogen-bond acceptors (Lipinski definition) is 5. The molecule has 5 nitrogen and oxygen atoms in total. The first-order valence-electron chi connectivity index (χ1n) is 2.56. The van der Waals surface area contributed by atoms with Crippen molar-refractivity contribution in [1.82, 2.24) is 0 Å². The zero-order chi connectivity index (χ0) is 7.49. The van der Waals surface area contributed by atoms with Crippen molar-refractivity contribution in [2.75, 3.05) is 0 Å². The summed E-state index contributed by atoms with van der Waals surface area (Å²) < 4.78 is 4.17. The van der Waals surface area contributed by atoms with Crippen molar-refractivity contribution < 1.29 is 49.8 Å². The van der Waals surface area contributed by atoms with Gasteiger partial charge in [0.1, 0.15) is 6.23 Å². The fourth-order valence-electron chi connectivity index (χ4n) is 0.286. The normalized spacial score (nSPS) is 14.1. The van der Waals surface area contributed by atoms with Gasteiger partial charge in [-0.3, -0.25) is 0 Å². The third-order valence-corrected chi connectivity index (χ3v) is 1.33. The predicted octanol–water partition coefficient (Wildman–Crippen LogP) is -4.77. The summed E-state index contributed by atoms with van der Waals surface area (Å²) in [7, 11) is -4.37. The van der Waals surface area contributed by atoms with Crippen molar-refractivity contribution in [3.63, 3.8) is 0 Å². The molecule has 0 aliphatic heterocycles. The van der Waals surface area contributed by atoms with Crippen LogP contribution in [-0.2, 0) is 4.43 Å². The van der Waals surface area contributed by atoms with E-state index < -0.39 is 15.3 Å². The summed E-state index contributed by atoms with van der Waals surface area (Å²) in [6.45, 7) is 1.70. The molecule has 0 heterocycles. The number of hydrogen-bond donors (Lipinski definition) is 4. The van der Waals surface area contributed by atoms with E-state index in [4.69, 9.17) is 20.1 Å². The maximum Gasteiger partial charge on any atom is 1.00 e. The van der Waals surface area contributed by atoms with E-state index in [1.165, 1.54) is 0 Å². The maximum atomic E-state index is 8.27. The van der Waals surface area contributed by atoms with Crippen LogP contribution in [0.15, 0.2) is 0 Å². The van der Waals surface area contributed by atoms with Gasteiger partial charge in [0.2, 0.25) is 0 Å². The maximum absolute atomic E-state index is 8.27. The molecule has 0 rings (SSSR count). The Bertz CT molecular complexity index is 91.9. The van der Waals surface area contributed by atoms with E-state index in [2.05, 4.69) is 4.43 Å². The van der Waals surface area contributed by atoms with Crippen LogP contribution >= 0.6 is 0 Å². The van der Waals surface area contributed by atoms with Gasteiger partial charge in [-0.1, -0.05) is 6.92 Å². The first-order chi connectivity index (χ1) is 3.95. The Labute approximate surface area is 84.1 Å². The first kappa shape index (κ1) is 13.6. The minimum absolute atomic E-state index is 0. The first-order valence-corrected chi connectivity index (χ1v) is 4.31. The molecular formula is C3H12NNaO4Si. The van der Waals surface area contributed by atoms with Gasteiger partial charge in [-0.15, -0.1) is 0 Å². The Morgan fingerprint density at radius 2 is 2.00 bits per heavy atom. The fraction of sp³-hybridized carbons (Fsp3) is 1.00. The minimum atomic E-state index is -4.37. The molecule has 0 amide bonds. The number of rotatable bonds is 3. The Morgan fingerprint density at radius 3 is 2.10 bits per heavy atom. The quantitative estimate of drug-likeness (QED) is 0.256. The van der Waals surface area contributed by atoms with Crippen molar-refractivity contribution in [2.45, 2.75) is 19.6 Å². The average molecular weight is 177 g/mol. The molecule has 0 aromatic carbocycles. The Kier molecular flexibility index (Phi) is 7.67. The summed E-state index contributed by atoms with van der Waals surface area (Å²) in [5.74, 6) is 0. The van der Waals surface area contributed by atoms with Gasteiger partial charge >= 0.3 is 38.6 Å². The Balaban J connectivity index is -0.000000320. The average Bonchev–Trinajstić information content (AvgIpc) is 1.62. The molecule has 58 valence electrons. The smallest absolute Gasteiger partial charge is 1.00 e. The Hall–Kier alpha value is 1.02. The van der Waals surface area contributed by atoms with Crippen LogP contribution in [0.2, 0.25) is 0 Å². The van der Waals surface area contributed by atoms with Gasteiger partial charge in [-0.2, -0.15) is 0 Å². The van der Waals surface area contributed by atoms with Crippen LogP contribution in [0.1, 0.15) is 14.8 Å². The van der Waals surface area contributed by atoms with Crippen LogP contribution in [0.5, 0.6) is 0 Å². The molecule has 0 aliphatic carbocycles. The fourth-order valence-corrected chi connectivity index (χ4v) is 0.859. The zero-order valence-electron chi connectivity index (χ0n) is 7.11. The van der Waals surface area contributed by atoms with Gasteiger partial charge in [0.05, 0.1) is 0 Å². The van der Waals surface area contributed by atoms with Crippen LogP contribution in [0.25, 0.3) is 0 Å². The molecule has 10 heavy (non-hydrogen) atoms. The molecule has 7 heteroatoms. The van der Waals surface area contributed by atoms with E-state index in [1.807, 2.05) is 0 Å². The predicted molar refractivity (Wildman–Crippen MR) is 32.9 cm³/mol. The summed E-state index contributed by atoms with van der Waals surface area (Å²) in [6, 6.07) is 0. The molecule has 0 saturated carbocycles. The van der Waals surface area contributed by atoms with Gasteiger partial charge in [-0.25, -0.2) is 0 Å². The van der Waals surface area contributed by atoms with Crippen molar-refractivity contribution in [3.8, 4) is 0 Å². The van der Waals surface area contributed by atoms with E-state index in [0.29, 0.717) is 6.42 Å². The van der Waals surface area contributed by atoms with Gasteiger partial charge in [0, 0.05) is 0 Å². The second-order valence-corrected chi connectivity index (χ2v) is 3.02.